The van der Waals surface area contributed by atoms with Gasteiger partial charge in [0, 0.05) is 32.2 Å². The molecule has 0 saturated carbocycles. The summed E-state index contributed by atoms with van der Waals surface area (Å²) in [4.78, 5) is 3.36. The molecule has 0 unspecified atom stereocenters. The van der Waals surface area contributed by atoms with E-state index in [1.165, 1.54) is 22.2 Å². The van der Waals surface area contributed by atoms with Crippen LogP contribution in [-0.2, 0) is 0 Å². The van der Waals surface area contributed by atoms with E-state index in [0.29, 0.717) is 10.0 Å². The van der Waals surface area contributed by atoms with Gasteiger partial charge in [0.25, 0.3) is 0 Å². The van der Waals surface area contributed by atoms with Crippen LogP contribution in [0.5, 0.6) is 0 Å². The number of fused-ring (bicyclic) bond motifs is 1. The van der Waals surface area contributed by atoms with E-state index in [9.17, 15) is 0 Å². The SMILES string of the molecule is Cc1cc2cc(-c3cccc(-c4ccc(Cl)cc4Cl)c3)ccc2[nH]1. The topological polar surface area (TPSA) is 15.8 Å². The molecule has 0 fully saturated rings. The average molecular weight is 352 g/mol. The van der Waals surface area contributed by atoms with Gasteiger partial charge in [-0.1, -0.05) is 53.5 Å². The minimum atomic E-state index is 0.646. The third-order valence-electron chi connectivity index (χ3n) is 4.19. The Morgan fingerprint density at radius 2 is 1.54 bits per heavy atom. The van der Waals surface area contributed by atoms with Gasteiger partial charge in [-0.25, -0.2) is 0 Å². The Balaban J connectivity index is 1.81. The van der Waals surface area contributed by atoms with Crippen LogP contribution in [0, 0.1) is 6.92 Å². The Kier molecular flexibility index (Phi) is 3.84. The molecule has 0 bridgehead atoms. The van der Waals surface area contributed by atoms with Crippen LogP contribution in [0.4, 0.5) is 0 Å². The first-order valence-corrected chi connectivity index (χ1v) is 8.51. The maximum atomic E-state index is 6.35. The molecule has 4 rings (SSSR count). The summed E-state index contributed by atoms with van der Waals surface area (Å²) in [6.45, 7) is 2.07. The number of aryl methyl sites for hydroxylation is 1. The van der Waals surface area contributed by atoms with E-state index in [0.717, 1.165) is 16.6 Å². The highest BCUT2D eigenvalue weighted by molar-refractivity contribution is 6.36. The molecule has 0 aliphatic rings. The number of H-pyrrole nitrogens is 1. The van der Waals surface area contributed by atoms with Gasteiger partial charge in [-0.05, 0) is 60.0 Å². The number of aromatic amines is 1. The smallest absolute Gasteiger partial charge is 0.0499 e. The van der Waals surface area contributed by atoms with Crippen LogP contribution in [0.3, 0.4) is 0 Å². The fraction of sp³-hybridized carbons (Fsp3) is 0.0476. The van der Waals surface area contributed by atoms with Crippen LogP contribution in [0.25, 0.3) is 33.2 Å². The number of rotatable bonds is 2. The molecule has 0 atom stereocenters. The van der Waals surface area contributed by atoms with Crippen LogP contribution in [0.1, 0.15) is 5.69 Å². The molecule has 0 aliphatic carbocycles. The van der Waals surface area contributed by atoms with E-state index in [1.54, 1.807) is 6.07 Å². The number of halogens is 2. The lowest BCUT2D eigenvalue weighted by Crippen LogP contribution is -1.83. The first-order chi connectivity index (χ1) is 11.6. The second kappa shape index (κ2) is 6.01. The Morgan fingerprint density at radius 1 is 0.750 bits per heavy atom. The van der Waals surface area contributed by atoms with E-state index in [-0.39, 0.29) is 0 Å². The van der Waals surface area contributed by atoms with Gasteiger partial charge in [0.2, 0.25) is 0 Å². The quantitative estimate of drug-likeness (QED) is 0.395. The number of nitrogens with one attached hydrogen (secondary N) is 1. The van der Waals surface area contributed by atoms with Crippen molar-refractivity contribution >= 4 is 34.1 Å². The Morgan fingerprint density at radius 3 is 2.38 bits per heavy atom. The van der Waals surface area contributed by atoms with Gasteiger partial charge >= 0.3 is 0 Å². The van der Waals surface area contributed by atoms with Crippen molar-refractivity contribution in [3.8, 4) is 22.3 Å². The summed E-state index contributed by atoms with van der Waals surface area (Å²) in [5.74, 6) is 0. The summed E-state index contributed by atoms with van der Waals surface area (Å²) in [5.41, 5.74) is 6.76. The molecule has 1 N–H and O–H groups in total. The lowest BCUT2D eigenvalue weighted by molar-refractivity contribution is 1.30. The molecule has 4 aromatic rings. The highest BCUT2D eigenvalue weighted by Crippen LogP contribution is 2.33. The maximum absolute atomic E-state index is 6.35. The van der Waals surface area contributed by atoms with Crippen molar-refractivity contribution < 1.29 is 0 Å². The van der Waals surface area contributed by atoms with Gasteiger partial charge in [0.15, 0.2) is 0 Å². The molecule has 0 radical (unpaired) electrons. The zero-order valence-electron chi connectivity index (χ0n) is 13.1. The summed E-state index contributed by atoms with van der Waals surface area (Å²) < 4.78 is 0. The van der Waals surface area contributed by atoms with Crippen LogP contribution in [0.15, 0.2) is 66.7 Å². The van der Waals surface area contributed by atoms with Crippen LogP contribution >= 0.6 is 23.2 Å². The summed E-state index contributed by atoms with van der Waals surface area (Å²) in [7, 11) is 0. The average Bonchev–Trinajstić information content (AvgIpc) is 2.94. The predicted molar refractivity (Wildman–Crippen MR) is 104 cm³/mol. The lowest BCUT2D eigenvalue weighted by atomic mass is 9.98. The second-order valence-electron chi connectivity index (χ2n) is 5.96. The van der Waals surface area contributed by atoms with Gasteiger partial charge < -0.3 is 4.98 Å². The molecule has 1 aromatic heterocycles. The highest BCUT2D eigenvalue weighted by Gasteiger charge is 2.07. The first kappa shape index (κ1) is 15.3. The van der Waals surface area contributed by atoms with Crippen LogP contribution in [-0.4, -0.2) is 4.98 Å². The molecule has 24 heavy (non-hydrogen) atoms. The largest absolute Gasteiger partial charge is 0.359 e. The van der Waals surface area contributed by atoms with E-state index < -0.39 is 0 Å². The molecular formula is C21H15Cl2N. The van der Waals surface area contributed by atoms with Crippen LogP contribution in [0.2, 0.25) is 10.0 Å². The Hall–Kier alpha value is -2.22. The monoisotopic (exact) mass is 351 g/mol. The first-order valence-electron chi connectivity index (χ1n) is 7.75. The predicted octanol–water partition coefficient (Wildman–Crippen LogP) is 7.12. The van der Waals surface area contributed by atoms with Crippen molar-refractivity contribution in [3.63, 3.8) is 0 Å². The van der Waals surface area contributed by atoms with Crippen LogP contribution < -0.4 is 0 Å². The molecule has 1 heterocycles. The number of hydrogen-bond acceptors (Lipinski definition) is 0. The van der Waals surface area contributed by atoms with E-state index in [4.69, 9.17) is 23.2 Å². The number of aromatic nitrogens is 1. The van der Waals surface area contributed by atoms with Crippen molar-refractivity contribution in [2.45, 2.75) is 6.92 Å². The summed E-state index contributed by atoms with van der Waals surface area (Å²) in [6, 6.07) is 22.6. The lowest BCUT2D eigenvalue weighted by Gasteiger charge is -2.08. The molecule has 0 aliphatic heterocycles. The van der Waals surface area contributed by atoms with Gasteiger partial charge in [0.05, 0.1) is 0 Å². The number of benzene rings is 3. The molecular weight excluding hydrogens is 337 g/mol. The van der Waals surface area contributed by atoms with Crippen molar-refractivity contribution in [1.82, 2.24) is 4.98 Å². The minimum absolute atomic E-state index is 0.646. The zero-order chi connectivity index (χ0) is 16.7. The van der Waals surface area contributed by atoms with Crippen molar-refractivity contribution in [3.05, 3.63) is 82.5 Å². The van der Waals surface area contributed by atoms with Crippen molar-refractivity contribution in [1.29, 1.82) is 0 Å². The Bertz CT molecular complexity index is 1050. The molecule has 1 nitrogen and oxygen atoms in total. The summed E-state index contributed by atoms with van der Waals surface area (Å²) in [6.07, 6.45) is 0. The standard InChI is InChI=1S/C21H15Cl2N/c1-13-9-17-11-15(5-8-21(17)24-13)14-3-2-4-16(10-14)19-7-6-18(22)12-20(19)23/h2-12,24H,1H3. The Labute approximate surface area is 150 Å². The van der Waals surface area contributed by atoms with Crippen molar-refractivity contribution in [2.24, 2.45) is 0 Å². The third kappa shape index (κ3) is 2.82. The molecule has 3 heteroatoms. The van der Waals surface area contributed by atoms with Gasteiger partial charge in [-0.2, -0.15) is 0 Å². The van der Waals surface area contributed by atoms with E-state index >= 15 is 0 Å². The van der Waals surface area contributed by atoms with Gasteiger partial charge in [-0.15, -0.1) is 0 Å². The molecule has 0 amide bonds. The highest BCUT2D eigenvalue weighted by atomic mass is 35.5. The van der Waals surface area contributed by atoms with E-state index in [2.05, 4.69) is 60.4 Å². The second-order valence-corrected chi connectivity index (χ2v) is 6.80. The molecule has 118 valence electrons. The molecule has 0 saturated heterocycles. The molecule has 0 spiro atoms. The summed E-state index contributed by atoms with van der Waals surface area (Å²) in [5, 5.41) is 2.53. The van der Waals surface area contributed by atoms with E-state index in [1.807, 2.05) is 12.1 Å². The number of hydrogen-bond donors (Lipinski definition) is 1. The normalized spacial score (nSPS) is 11.1. The van der Waals surface area contributed by atoms with Gasteiger partial charge in [-0.3, -0.25) is 0 Å². The summed E-state index contributed by atoms with van der Waals surface area (Å²) >= 11 is 12.4. The zero-order valence-corrected chi connectivity index (χ0v) is 14.6. The molecule has 3 aromatic carbocycles. The maximum Gasteiger partial charge on any atom is 0.0499 e. The third-order valence-corrected chi connectivity index (χ3v) is 4.74. The van der Waals surface area contributed by atoms with Gasteiger partial charge in [0.1, 0.15) is 0 Å². The fourth-order valence-corrected chi connectivity index (χ4v) is 3.56. The fourth-order valence-electron chi connectivity index (χ4n) is 3.05. The van der Waals surface area contributed by atoms with Crippen molar-refractivity contribution in [2.75, 3.05) is 0 Å². The minimum Gasteiger partial charge on any atom is -0.359 e.